The molecule has 166 valence electrons. The van der Waals surface area contributed by atoms with Gasteiger partial charge in [-0.3, -0.25) is 14.8 Å². The summed E-state index contributed by atoms with van der Waals surface area (Å²) in [4.78, 5) is 26.0. The van der Waals surface area contributed by atoms with Gasteiger partial charge in [-0.1, -0.05) is 18.2 Å². The Morgan fingerprint density at radius 2 is 1.55 bits per heavy atom. The van der Waals surface area contributed by atoms with E-state index in [-0.39, 0.29) is 11.4 Å². The van der Waals surface area contributed by atoms with E-state index in [2.05, 4.69) is 31.7 Å². The first kappa shape index (κ1) is 22.1. The van der Waals surface area contributed by atoms with Crippen molar-refractivity contribution in [1.82, 2.24) is 20.3 Å². The smallest absolute Gasteiger partial charge is 0.251 e. The van der Waals surface area contributed by atoms with E-state index in [9.17, 15) is 4.79 Å². The Balaban J connectivity index is 1.65. The summed E-state index contributed by atoms with van der Waals surface area (Å²) >= 11 is 0. The van der Waals surface area contributed by atoms with Gasteiger partial charge in [-0.15, -0.1) is 0 Å². The van der Waals surface area contributed by atoms with Gasteiger partial charge in [0.2, 0.25) is 0 Å². The maximum atomic E-state index is 12.4. The molecule has 0 radical (unpaired) electrons. The van der Waals surface area contributed by atoms with E-state index in [1.807, 2.05) is 94.8 Å². The van der Waals surface area contributed by atoms with Crippen molar-refractivity contribution >= 4 is 11.7 Å². The molecule has 0 unspecified atom stereocenters. The molecule has 0 saturated carbocycles. The first-order chi connectivity index (χ1) is 15.8. The average Bonchev–Trinajstić information content (AvgIpc) is 2.83. The second-order valence-corrected chi connectivity index (χ2v) is 8.84. The maximum Gasteiger partial charge on any atom is 0.251 e. The minimum absolute atomic E-state index is 0.0839. The van der Waals surface area contributed by atoms with E-state index in [1.54, 1.807) is 6.20 Å². The van der Waals surface area contributed by atoms with Crippen molar-refractivity contribution in [1.29, 1.82) is 0 Å². The zero-order valence-corrected chi connectivity index (χ0v) is 19.3. The lowest BCUT2D eigenvalue weighted by molar-refractivity contribution is 0.0919. The molecule has 0 aliphatic carbocycles. The van der Waals surface area contributed by atoms with Gasteiger partial charge in [0.25, 0.3) is 5.91 Å². The van der Waals surface area contributed by atoms with Crippen LogP contribution in [0.5, 0.6) is 0 Å². The Kier molecular flexibility index (Phi) is 6.18. The van der Waals surface area contributed by atoms with Crippen LogP contribution in [-0.4, -0.2) is 33.4 Å². The van der Waals surface area contributed by atoms with Crippen LogP contribution >= 0.6 is 0 Å². The quantitative estimate of drug-likeness (QED) is 0.434. The fourth-order valence-electron chi connectivity index (χ4n) is 3.45. The molecule has 6 nitrogen and oxygen atoms in total. The minimum atomic E-state index is -0.279. The molecule has 3 aromatic heterocycles. The molecule has 6 heteroatoms. The van der Waals surface area contributed by atoms with Crippen LogP contribution < -0.4 is 10.6 Å². The zero-order valence-electron chi connectivity index (χ0n) is 19.3. The van der Waals surface area contributed by atoms with Crippen LogP contribution in [0.4, 0.5) is 5.82 Å². The van der Waals surface area contributed by atoms with Crippen LogP contribution in [0, 0.1) is 0 Å². The summed E-state index contributed by atoms with van der Waals surface area (Å²) in [5.41, 5.74) is 5.87. The lowest BCUT2D eigenvalue weighted by atomic mass is 10.00. The highest BCUT2D eigenvalue weighted by Crippen LogP contribution is 2.29. The molecule has 1 amide bonds. The van der Waals surface area contributed by atoms with Crippen LogP contribution in [-0.2, 0) is 0 Å². The minimum Gasteiger partial charge on any atom is -0.373 e. The summed E-state index contributed by atoms with van der Waals surface area (Å²) in [6.45, 7) is 5.90. The number of rotatable bonds is 5. The van der Waals surface area contributed by atoms with Crippen molar-refractivity contribution in [2.45, 2.75) is 26.3 Å². The third-order valence-corrected chi connectivity index (χ3v) is 5.05. The number of benzene rings is 1. The first-order valence-corrected chi connectivity index (χ1v) is 10.8. The van der Waals surface area contributed by atoms with E-state index in [1.165, 1.54) is 0 Å². The molecule has 2 N–H and O–H groups in total. The fourth-order valence-corrected chi connectivity index (χ4v) is 3.45. The molecule has 3 heterocycles. The van der Waals surface area contributed by atoms with Crippen LogP contribution in [0.15, 0.2) is 79.3 Å². The number of nitrogens with zero attached hydrogens (tertiary/aromatic N) is 3. The van der Waals surface area contributed by atoms with Crippen molar-refractivity contribution in [2.24, 2.45) is 0 Å². The number of hydrogen-bond donors (Lipinski definition) is 2. The second-order valence-electron chi connectivity index (χ2n) is 8.84. The number of hydrogen-bond acceptors (Lipinski definition) is 5. The molecule has 4 aromatic rings. The van der Waals surface area contributed by atoms with Gasteiger partial charge in [-0.25, -0.2) is 4.98 Å². The number of pyridine rings is 3. The van der Waals surface area contributed by atoms with Crippen LogP contribution in [0.1, 0.15) is 31.1 Å². The Morgan fingerprint density at radius 1 is 0.818 bits per heavy atom. The summed E-state index contributed by atoms with van der Waals surface area (Å²) in [5, 5.41) is 6.12. The van der Waals surface area contributed by atoms with Crippen molar-refractivity contribution in [3.8, 4) is 33.6 Å². The SMILES string of the molecule is CNc1cc(-c2cncc(-c3ccc(C(=O)NC(C)(C)C)cc3)c2)cc(-c2ccccn2)n1. The van der Waals surface area contributed by atoms with Gasteiger partial charge in [-0.2, -0.15) is 0 Å². The fraction of sp³-hybridized carbons (Fsp3) is 0.185. The number of anilines is 1. The molecule has 0 bridgehead atoms. The third-order valence-electron chi connectivity index (χ3n) is 5.05. The van der Waals surface area contributed by atoms with Gasteiger partial charge in [0.15, 0.2) is 0 Å². The molecular formula is C27H27N5O. The number of nitrogens with one attached hydrogen (secondary N) is 2. The summed E-state index contributed by atoms with van der Waals surface area (Å²) in [6.07, 6.45) is 5.43. The normalized spacial score (nSPS) is 11.2. The Labute approximate surface area is 194 Å². The molecule has 0 aliphatic heterocycles. The standard InChI is InChI=1S/C27H27N5O/c1-27(2,3)32-26(33)19-10-8-18(9-11-19)21-13-22(17-29-16-21)20-14-24(31-25(15-20)28-4)23-7-5-6-12-30-23/h5-17H,1-4H3,(H,28,31)(H,32,33). The highest BCUT2D eigenvalue weighted by molar-refractivity contribution is 5.95. The van der Waals surface area contributed by atoms with Gasteiger partial charge in [-0.05, 0) is 74.4 Å². The predicted molar refractivity (Wildman–Crippen MR) is 133 cm³/mol. The molecule has 0 saturated heterocycles. The Bertz CT molecular complexity index is 1260. The monoisotopic (exact) mass is 437 g/mol. The van der Waals surface area contributed by atoms with E-state index in [0.717, 1.165) is 39.5 Å². The summed E-state index contributed by atoms with van der Waals surface area (Å²) in [6, 6.07) is 19.5. The van der Waals surface area contributed by atoms with Crippen molar-refractivity contribution in [2.75, 3.05) is 12.4 Å². The predicted octanol–water partition coefficient (Wildman–Crippen LogP) is 5.44. The van der Waals surface area contributed by atoms with Crippen molar-refractivity contribution in [3.05, 3.63) is 84.8 Å². The zero-order chi connectivity index (χ0) is 23.4. The number of carbonyl (C=O) groups is 1. The van der Waals surface area contributed by atoms with Crippen molar-refractivity contribution in [3.63, 3.8) is 0 Å². The largest absolute Gasteiger partial charge is 0.373 e. The summed E-state index contributed by atoms with van der Waals surface area (Å²) in [5.74, 6) is 0.673. The van der Waals surface area contributed by atoms with Crippen LogP contribution in [0.3, 0.4) is 0 Å². The Hall–Kier alpha value is -4.06. The number of aromatic nitrogens is 3. The second kappa shape index (κ2) is 9.20. The maximum absolute atomic E-state index is 12.4. The lowest BCUT2D eigenvalue weighted by Gasteiger charge is -2.20. The van der Waals surface area contributed by atoms with Crippen molar-refractivity contribution < 1.29 is 4.79 Å². The third kappa shape index (κ3) is 5.41. The van der Waals surface area contributed by atoms with E-state index >= 15 is 0 Å². The van der Waals surface area contributed by atoms with Gasteiger partial charge >= 0.3 is 0 Å². The van der Waals surface area contributed by atoms with Gasteiger partial charge in [0, 0.05) is 47.9 Å². The highest BCUT2D eigenvalue weighted by atomic mass is 16.1. The van der Waals surface area contributed by atoms with Gasteiger partial charge in [0.05, 0.1) is 11.4 Å². The topological polar surface area (TPSA) is 79.8 Å². The highest BCUT2D eigenvalue weighted by Gasteiger charge is 2.15. The molecule has 0 atom stereocenters. The van der Waals surface area contributed by atoms with E-state index in [0.29, 0.717) is 5.56 Å². The molecule has 0 fully saturated rings. The van der Waals surface area contributed by atoms with Crippen LogP contribution in [0.2, 0.25) is 0 Å². The molecule has 0 aliphatic rings. The molecule has 33 heavy (non-hydrogen) atoms. The van der Waals surface area contributed by atoms with Gasteiger partial charge < -0.3 is 10.6 Å². The molecule has 4 rings (SSSR count). The van der Waals surface area contributed by atoms with E-state index in [4.69, 9.17) is 0 Å². The molecule has 0 spiro atoms. The molecular weight excluding hydrogens is 410 g/mol. The lowest BCUT2D eigenvalue weighted by Crippen LogP contribution is -2.40. The Morgan fingerprint density at radius 3 is 2.18 bits per heavy atom. The summed E-state index contributed by atoms with van der Waals surface area (Å²) in [7, 11) is 1.85. The van der Waals surface area contributed by atoms with E-state index < -0.39 is 0 Å². The number of carbonyl (C=O) groups excluding carboxylic acids is 1. The van der Waals surface area contributed by atoms with Gasteiger partial charge in [0.1, 0.15) is 5.82 Å². The first-order valence-electron chi connectivity index (χ1n) is 10.8. The molecule has 1 aromatic carbocycles. The number of amides is 1. The average molecular weight is 438 g/mol. The van der Waals surface area contributed by atoms with Crippen LogP contribution in [0.25, 0.3) is 33.6 Å². The summed E-state index contributed by atoms with van der Waals surface area (Å²) < 4.78 is 0.